The highest BCUT2D eigenvalue weighted by atomic mass is 32.2. The number of carbonyl (C=O) groups excluding carboxylic acids is 1. The molecule has 0 N–H and O–H groups in total. The topological polar surface area (TPSA) is 82.0 Å². The zero-order valence-corrected chi connectivity index (χ0v) is 15.7. The van der Waals surface area contributed by atoms with Gasteiger partial charge < -0.3 is 4.74 Å². The van der Waals surface area contributed by atoms with Gasteiger partial charge in [0.05, 0.1) is 6.61 Å². The van der Waals surface area contributed by atoms with Gasteiger partial charge >= 0.3 is 16.1 Å². The summed E-state index contributed by atoms with van der Waals surface area (Å²) in [6.07, 6.45) is 0.838. The molecule has 0 heterocycles. The number of esters is 1. The Morgan fingerprint density at radius 2 is 1.62 bits per heavy atom. The summed E-state index contributed by atoms with van der Waals surface area (Å²) in [5.74, 6) is -0.754. The van der Waals surface area contributed by atoms with Crippen LogP contribution in [0.25, 0.3) is 0 Å². The molecule has 2 rings (SSSR count). The minimum atomic E-state index is -4.14. The lowest BCUT2D eigenvalue weighted by molar-refractivity contribution is -0.135. The average molecular weight is 375 g/mol. The van der Waals surface area contributed by atoms with Crippen LogP contribution in [0.3, 0.4) is 0 Å². The maximum absolute atomic E-state index is 12.3. The van der Waals surface area contributed by atoms with Crippen molar-refractivity contribution in [3.05, 3.63) is 65.2 Å². The number of aryl methyl sites for hydroxylation is 2. The summed E-state index contributed by atoms with van der Waals surface area (Å²) < 4.78 is 34.3. The lowest BCUT2D eigenvalue weighted by Crippen LogP contribution is -2.20. The summed E-state index contributed by atoms with van der Waals surface area (Å²) in [5, 5.41) is 3.59. The monoisotopic (exact) mass is 375 g/mol. The van der Waals surface area contributed by atoms with Gasteiger partial charge in [-0.25, -0.2) is 4.79 Å². The van der Waals surface area contributed by atoms with E-state index < -0.39 is 16.1 Å². The molecule has 26 heavy (non-hydrogen) atoms. The molecule has 138 valence electrons. The van der Waals surface area contributed by atoms with E-state index in [1.54, 1.807) is 31.2 Å². The Morgan fingerprint density at radius 1 is 1.00 bits per heavy atom. The van der Waals surface area contributed by atoms with Crippen LogP contribution in [0, 0.1) is 6.92 Å². The third-order valence-electron chi connectivity index (χ3n) is 3.64. The Bertz CT molecular complexity index is 885. The minimum absolute atomic E-state index is 0.0450. The van der Waals surface area contributed by atoms with Gasteiger partial charge in [0.2, 0.25) is 0 Å². The summed E-state index contributed by atoms with van der Waals surface area (Å²) in [7, 11) is -4.14. The molecule has 0 aliphatic carbocycles. The van der Waals surface area contributed by atoms with Crippen molar-refractivity contribution in [2.24, 2.45) is 5.16 Å². The van der Waals surface area contributed by atoms with Crippen molar-refractivity contribution < 1.29 is 22.2 Å². The second-order valence-electron chi connectivity index (χ2n) is 5.55. The minimum Gasteiger partial charge on any atom is -0.461 e. The molecule has 0 saturated carbocycles. The van der Waals surface area contributed by atoms with E-state index in [0.717, 1.165) is 17.5 Å². The van der Waals surface area contributed by atoms with Crippen LogP contribution in [0.1, 0.15) is 30.5 Å². The molecule has 2 aromatic rings. The Balaban J connectivity index is 2.34. The van der Waals surface area contributed by atoms with Crippen LogP contribution < -0.4 is 0 Å². The van der Waals surface area contributed by atoms with E-state index >= 15 is 0 Å². The number of nitrogens with zero attached hydrogens (tertiary/aromatic N) is 1. The zero-order valence-electron chi connectivity index (χ0n) is 14.9. The number of ether oxygens (including phenoxy) is 1. The van der Waals surface area contributed by atoms with Gasteiger partial charge in [-0.1, -0.05) is 54.0 Å². The van der Waals surface area contributed by atoms with Gasteiger partial charge in [-0.3, -0.25) is 4.28 Å². The van der Waals surface area contributed by atoms with E-state index in [2.05, 4.69) is 5.16 Å². The van der Waals surface area contributed by atoms with E-state index in [4.69, 9.17) is 9.02 Å². The van der Waals surface area contributed by atoms with Crippen molar-refractivity contribution in [3.63, 3.8) is 0 Å². The molecule has 7 heteroatoms. The fraction of sp³-hybridized carbons (Fsp3) is 0.263. The SMILES string of the molecule is CCOC(=O)C(=NOS(=O)(=O)c1ccc(C)cc1)c1ccc(CC)cc1. The highest BCUT2D eigenvalue weighted by Gasteiger charge is 2.21. The molecule has 6 nitrogen and oxygen atoms in total. The highest BCUT2D eigenvalue weighted by Crippen LogP contribution is 2.15. The molecule has 0 fully saturated rings. The first-order valence-corrected chi connectivity index (χ1v) is 9.63. The predicted octanol–water partition coefficient (Wildman–Crippen LogP) is 3.23. The average Bonchev–Trinajstić information content (AvgIpc) is 2.63. The molecule has 0 spiro atoms. The summed E-state index contributed by atoms with van der Waals surface area (Å²) in [6, 6.07) is 13.1. The van der Waals surface area contributed by atoms with E-state index in [0.29, 0.717) is 5.56 Å². The third-order valence-corrected chi connectivity index (χ3v) is 4.76. The molecule has 2 aromatic carbocycles. The molecule has 0 amide bonds. The number of carbonyl (C=O) groups is 1. The second kappa shape index (κ2) is 8.62. The predicted molar refractivity (Wildman–Crippen MR) is 98.4 cm³/mol. The van der Waals surface area contributed by atoms with Gasteiger partial charge in [-0.2, -0.15) is 8.42 Å². The van der Waals surface area contributed by atoms with Gasteiger partial charge in [0.15, 0.2) is 5.71 Å². The largest absolute Gasteiger partial charge is 0.461 e. The van der Waals surface area contributed by atoms with Gasteiger partial charge in [-0.05, 0) is 38.0 Å². The molecular formula is C19H21NO5S. The van der Waals surface area contributed by atoms with Crippen LogP contribution in [0.5, 0.6) is 0 Å². The Labute approximate surface area is 153 Å². The first-order chi connectivity index (χ1) is 12.4. The van der Waals surface area contributed by atoms with Crippen LogP contribution in [0.2, 0.25) is 0 Å². The molecule has 0 aliphatic heterocycles. The summed E-state index contributed by atoms with van der Waals surface area (Å²) >= 11 is 0. The van der Waals surface area contributed by atoms with Gasteiger partial charge in [0, 0.05) is 5.56 Å². The second-order valence-corrected chi connectivity index (χ2v) is 7.08. The maximum atomic E-state index is 12.3. The first-order valence-electron chi connectivity index (χ1n) is 8.22. The summed E-state index contributed by atoms with van der Waals surface area (Å²) in [5.41, 5.74) is 2.20. The van der Waals surface area contributed by atoms with Gasteiger partial charge in [-0.15, -0.1) is 0 Å². The van der Waals surface area contributed by atoms with E-state index in [-0.39, 0.29) is 17.2 Å². The molecule has 0 atom stereocenters. The van der Waals surface area contributed by atoms with Crippen molar-refractivity contribution in [3.8, 4) is 0 Å². The highest BCUT2D eigenvalue weighted by molar-refractivity contribution is 7.86. The number of hydrogen-bond acceptors (Lipinski definition) is 6. The van der Waals surface area contributed by atoms with E-state index in [1.165, 1.54) is 12.1 Å². The Kier molecular flexibility index (Phi) is 6.52. The summed E-state index contributed by atoms with van der Waals surface area (Å²) in [4.78, 5) is 12.1. The van der Waals surface area contributed by atoms with Crippen LogP contribution in [0.4, 0.5) is 0 Å². The van der Waals surface area contributed by atoms with Gasteiger partial charge in [0.1, 0.15) is 4.90 Å². The van der Waals surface area contributed by atoms with Crippen molar-refractivity contribution in [2.75, 3.05) is 6.61 Å². The Hall–Kier alpha value is -2.67. The quantitative estimate of drug-likeness (QED) is 0.422. The van der Waals surface area contributed by atoms with Crippen molar-refractivity contribution >= 4 is 21.8 Å². The van der Waals surface area contributed by atoms with E-state index in [9.17, 15) is 13.2 Å². The lowest BCUT2D eigenvalue weighted by atomic mass is 10.1. The van der Waals surface area contributed by atoms with Crippen LogP contribution in [-0.4, -0.2) is 26.7 Å². The molecule has 0 saturated heterocycles. The number of oxime groups is 1. The molecule has 0 aliphatic rings. The number of benzene rings is 2. The van der Waals surface area contributed by atoms with Crippen molar-refractivity contribution in [2.45, 2.75) is 32.1 Å². The van der Waals surface area contributed by atoms with Crippen LogP contribution in [-0.2, 0) is 30.4 Å². The van der Waals surface area contributed by atoms with Crippen LogP contribution in [0.15, 0.2) is 58.6 Å². The molecular weight excluding hydrogens is 354 g/mol. The fourth-order valence-corrected chi connectivity index (χ4v) is 2.87. The number of rotatable bonds is 7. The smallest absolute Gasteiger partial charge is 0.361 e. The molecule has 0 unspecified atom stereocenters. The lowest BCUT2D eigenvalue weighted by Gasteiger charge is -2.07. The van der Waals surface area contributed by atoms with Crippen molar-refractivity contribution in [1.29, 1.82) is 0 Å². The van der Waals surface area contributed by atoms with Crippen molar-refractivity contribution in [1.82, 2.24) is 0 Å². The summed E-state index contributed by atoms with van der Waals surface area (Å²) in [6.45, 7) is 5.63. The van der Waals surface area contributed by atoms with Gasteiger partial charge in [0.25, 0.3) is 0 Å². The fourth-order valence-electron chi connectivity index (χ4n) is 2.14. The molecule has 0 radical (unpaired) electrons. The molecule has 0 aromatic heterocycles. The normalized spacial score (nSPS) is 11.9. The maximum Gasteiger partial charge on any atom is 0.361 e. The molecule has 0 bridgehead atoms. The zero-order chi connectivity index (χ0) is 19.2. The Morgan fingerprint density at radius 3 is 2.15 bits per heavy atom. The van der Waals surface area contributed by atoms with E-state index in [1.807, 2.05) is 26.0 Å². The number of hydrogen-bond donors (Lipinski definition) is 0. The standard InChI is InChI=1S/C19H21NO5S/c1-4-15-8-10-16(11-9-15)18(19(21)24-5-2)20-25-26(22,23)17-12-6-14(3)7-13-17/h6-13H,4-5H2,1-3H3. The van der Waals surface area contributed by atoms with Crippen LogP contribution >= 0.6 is 0 Å². The third kappa shape index (κ3) is 4.92. The first kappa shape index (κ1) is 19.7.